The third-order valence-corrected chi connectivity index (χ3v) is 3.27. The summed E-state index contributed by atoms with van der Waals surface area (Å²) in [6.45, 7) is 5.23. The van der Waals surface area contributed by atoms with Crippen LogP contribution < -0.4 is 10.6 Å². The molecular weight excluding hydrogens is 290 g/mol. The van der Waals surface area contributed by atoms with E-state index in [-0.39, 0.29) is 5.78 Å². The van der Waals surface area contributed by atoms with Gasteiger partial charge in [-0.25, -0.2) is 4.98 Å². The average molecular weight is 313 g/mol. The number of rotatable bonds is 7. The summed E-state index contributed by atoms with van der Waals surface area (Å²) in [6.07, 6.45) is 0. The molecule has 2 N–H and O–H groups in total. The Bertz CT molecular complexity index is 667. The van der Waals surface area contributed by atoms with Crippen LogP contribution in [-0.4, -0.2) is 47.8 Å². The maximum atomic E-state index is 11.3. The van der Waals surface area contributed by atoms with Crippen LogP contribution in [0, 0.1) is 6.92 Å². The van der Waals surface area contributed by atoms with Crippen molar-refractivity contribution in [2.24, 2.45) is 0 Å². The second-order valence-corrected chi connectivity index (χ2v) is 5.71. The van der Waals surface area contributed by atoms with Crippen molar-refractivity contribution in [1.82, 2.24) is 14.9 Å². The molecule has 0 unspecified atom stereocenters. The molecule has 0 saturated heterocycles. The van der Waals surface area contributed by atoms with Gasteiger partial charge >= 0.3 is 0 Å². The molecule has 0 bridgehead atoms. The molecule has 0 fully saturated rings. The summed E-state index contributed by atoms with van der Waals surface area (Å²) in [5.41, 5.74) is 2.42. The largest absolute Gasteiger partial charge is 0.369 e. The molecule has 0 spiro atoms. The van der Waals surface area contributed by atoms with E-state index in [1.165, 1.54) is 0 Å². The fraction of sp³-hybridized carbons (Fsp3) is 0.353. The average Bonchev–Trinajstić information content (AvgIpc) is 2.46. The predicted octanol–water partition coefficient (Wildman–Crippen LogP) is 2.70. The maximum absolute atomic E-state index is 11.3. The van der Waals surface area contributed by atoms with E-state index in [0.29, 0.717) is 11.5 Å². The number of nitrogens with zero attached hydrogens (tertiary/aromatic N) is 3. The molecule has 1 heterocycles. The Morgan fingerprint density at radius 2 is 1.87 bits per heavy atom. The Kier molecular flexibility index (Phi) is 5.65. The highest BCUT2D eigenvalue weighted by Crippen LogP contribution is 2.16. The standard InChI is InChI=1S/C17H23N5O/c1-12-11-16(18-9-10-22(3)4)21-17(19-12)20-15-7-5-14(6-8-15)13(2)23/h5-8,11H,9-10H2,1-4H3,(H2,18,19,20,21). The molecule has 0 amide bonds. The van der Waals surface area contributed by atoms with Crippen LogP contribution in [-0.2, 0) is 0 Å². The number of carbonyl (C=O) groups excluding carboxylic acids is 1. The number of nitrogens with one attached hydrogen (secondary N) is 2. The zero-order valence-corrected chi connectivity index (χ0v) is 14.1. The van der Waals surface area contributed by atoms with Crippen LogP contribution in [0.5, 0.6) is 0 Å². The minimum absolute atomic E-state index is 0.0516. The number of hydrogen-bond donors (Lipinski definition) is 2. The third kappa shape index (κ3) is 5.34. The van der Waals surface area contributed by atoms with Crippen molar-refractivity contribution in [2.75, 3.05) is 37.8 Å². The van der Waals surface area contributed by atoms with Crippen molar-refractivity contribution < 1.29 is 4.79 Å². The normalized spacial score (nSPS) is 10.7. The molecule has 1 aromatic heterocycles. The topological polar surface area (TPSA) is 70.2 Å². The van der Waals surface area contributed by atoms with Crippen molar-refractivity contribution in [3.05, 3.63) is 41.6 Å². The number of aromatic nitrogens is 2. The minimum Gasteiger partial charge on any atom is -0.369 e. The van der Waals surface area contributed by atoms with Crippen LogP contribution in [0.3, 0.4) is 0 Å². The lowest BCUT2D eigenvalue weighted by molar-refractivity contribution is 0.101. The molecule has 0 saturated carbocycles. The predicted molar refractivity (Wildman–Crippen MR) is 93.5 cm³/mol. The van der Waals surface area contributed by atoms with Crippen LogP contribution in [0.25, 0.3) is 0 Å². The number of anilines is 3. The van der Waals surface area contributed by atoms with Gasteiger partial charge in [0, 0.05) is 36.1 Å². The van der Waals surface area contributed by atoms with Gasteiger partial charge in [0.25, 0.3) is 0 Å². The SMILES string of the molecule is CC(=O)c1ccc(Nc2nc(C)cc(NCCN(C)C)n2)cc1. The Morgan fingerprint density at radius 1 is 1.17 bits per heavy atom. The van der Waals surface area contributed by atoms with E-state index in [0.717, 1.165) is 30.3 Å². The first-order valence-corrected chi connectivity index (χ1v) is 7.56. The Labute approximate surface area is 137 Å². The van der Waals surface area contributed by atoms with Crippen LogP contribution in [0.15, 0.2) is 30.3 Å². The van der Waals surface area contributed by atoms with Gasteiger partial charge in [0.1, 0.15) is 5.82 Å². The van der Waals surface area contributed by atoms with Crippen molar-refractivity contribution in [2.45, 2.75) is 13.8 Å². The quantitative estimate of drug-likeness (QED) is 0.766. The highest BCUT2D eigenvalue weighted by molar-refractivity contribution is 5.94. The van der Waals surface area contributed by atoms with E-state index in [1.54, 1.807) is 19.1 Å². The maximum Gasteiger partial charge on any atom is 0.229 e. The number of ketones is 1. The molecule has 0 atom stereocenters. The smallest absolute Gasteiger partial charge is 0.229 e. The summed E-state index contributed by atoms with van der Waals surface area (Å²) in [7, 11) is 4.06. The fourth-order valence-corrected chi connectivity index (χ4v) is 2.04. The monoisotopic (exact) mass is 313 g/mol. The van der Waals surface area contributed by atoms with Gasteiger partial charge in [-0.2, -0.15) is 4.98 Å². The summed E-state index contributed by atoms with van der Waals surface area (Å²) in [5, 5.41) is 6.46. The van der Waals surface area contributed by atoms with Gasteiger partial charge in [-0.1, -0.05) is 0 Å². The molecule has 0 aliphatic carbocycles. The first kappa shape index (κ1) is 16.9. The van der Waals surface area contributed by atoms with Crippen LogP contribution in [0.2, 0.25) is 0 Å². The van der Waals surface area contributed by atoms with Gasteiger partial charge in [-0.3, -0.25) is 4.79 Å². The number of likely N-dealkylation sites (N-methyl/N-ethyl adjacent to an activating group) is 1. The molecule has 1 aromatic carbocycles. The van der Waals surface area contributed by atoms with Crippen LogP contribution >= 0.6 is 0 Å². The van der Waals surface area contributed by atoms with Crippen molar-refractivity contribution in [3.8, 4) is 0 Å². The zero-order chi connectivity index (χ0) is 16.8. The molecule has 122 valence electrons. The lowest BCUT2D eigenvalue weighted by Gasteiger charge is -2.12. The summed E-state index contributed by atoms with van der Waals surface area (Å²) in [6, 6.07) is 9.19. The Balaban J connectivity index is 2.07. The molecule has 2 aromatic rings. The van der Waals surface area contributed by atoms with E-state index in [1.807, 2.05) is 39.2 Å². The lowest BCUT2D eigenvalue weighted by atomic mass is 10.1. The first-order chi connectivity index (χ1) is 10.9. The molecule has 0 aliphatic rings. The van der Waals surface area contributed by atoms with Crippen molar-refractivity contribution in [1.29, 1.82) is 0 Å². The minimum atomic E-state index is 0.0516. The van der Waals surface area contributed by atoms with Crippen molar-refractivity contribution in [3.63, 3.8) is 0 Å². The summed E-state index contributed by atoms with van der Waals surface area (Å²) in [5.74, 6) is 1.38. The van der Waals surface area contributed by atoms with Crippen molar-refractivity contribution >= 4 is 23.2 Å². The third-order valence-electron chi connectivity index (χ3n) is 3.27. The molecule has 6 heteroatoms. The van der Waals surface area contributed by atoms with Crippen LogP contribution in [0.1, 0.15) is 23.0 Å². The zero-order valence-electron chi connectivity index (χ0n) is 14.1. The molecule has 6 nitrogen and oxygen atoms in total. The molecule has 0 aliphatic heterocycles. The fourth-order valence-electron chi connectivity index (χ4n) is 2.04. The molecule has 23 heavy (non-hydrogen) atoms. The van der Waals surface area contributed by atoms with E-state index >= 15 is 0 Å². The van der Waals surface area contributed by atoms with Gasteiger partial charge in [0.2, 0.25) is 5.95 Å². The van der Waals surface area contributed by atoms with E-state index < -0.39 is 0 Å². The molecular formula is C17H23N5O. The number of Topliss-reactive ketones (excluding diaryl/α,β-unsaturated/α-hetero) is 1. The van der Waals surface area contributed by atoms with Gasteiger partial charge in [0.15, 0.2) is 5.78 Å². The number of hydrogen-bond acceptors (Lipinski definition) is 6. The van der Waals surface area contributed by atoms with Gasteiger partial charge in [-0.05, 0) is 52.2 Å². The highest BCUT2D eigenvalue weighted by Gasteiger charge is 2.04. The second kappa shape index (κ2) is 7.69. The van der Waals surface area contributed by atoms with Gasteiger partial charge in [-0.15, -0.1) is 0 Å². The van der Waals surface area contributed by atoms with E-state index in [9.17, 15) is 4.79 Å². The summed E-state index contributed by atoms with van der Waals surface area (Å²) < 4.78 is 0. The Morgan fingerprint density at radius 3 is 2.48 bits per heavy atom. The first-order valence-electron chi connectivity index (χ1n) is 7.56. The van der Waals surface area contributed by atoms with Gasteiger partial charge < -0.3 is 15.5 Å². The lowest BCUT2D eigenvalue weighted by Crippen LogP contribution is -2.21. The number of carbonyl (C=O) groups is 1. The molecule has 0 radical (unpaired) electrons. The van der Waals surface area contributed by atoms with Crippen LogP contribution in [0.4, 0.5) is 17.5 Å². The number of aryl methyl sites for hydroxylation is 1. The summed E-state index contributed by atoms with van der Waals surface area (Å²) >= 11 is 0. The van der Waals surface area contributed by atoms with Gasteiger partial charge in [0.05, 0.1) is 0 Å². The van der Waals surface area contributed by atoms with E-state index in [4.69, 9.17) is 0 Å². The second-order valence-electron chi connectivity index (χ2n) is 5.71. The Hall–Kier alpha value is -2.47. The summed E-state index contributed by atoms with van der Waals surface area (Å²) in [4.78, 5) is 22.3. The van der Waals surface area contributed by atoms with E-state index in [2.05, 4.69) is 25.5 Å². The molecule has 2 rings (SSSR count). The highest BCUT2D eigenvalue weighted by atomic mass is 16.1. The number of benzene rings is 1.